The van der Waals surface area contributed by atoms with E-state index >= 15 is 0 Å². The summed E-state index contributed by atoms with van der Waals surface area (Å²) in [6, 6.07) is 21.0. The Morgan fingerprint density at radius 1 is 1.03 bits per heavy atom. The minimum absolute atomic E-state index is 0.208. The van der Waals surface area contributed by atoms with Gasteiger partial charge < -0.3 is 14.5 Å². The van der Waals surface area contributed by atoms with Crippen molar-refractivity contribution in [3.05, 3.63) is 77.9 Å². The lowest BCUT2D eigenvalue weighted by Gasteiger charge is -2.16. The second-order valence-electron chi connectivity index (χ2n) is 7.08. The van der Waals surface area contributed by atoms with Gasteiger partial charge in [0, 0.05) is 11.3 Å². The molecule has 0 aliphatic carbocycles. The van der Waals surface area contributed by atoms with Crippen LogP contribution in [0.2, 0.25) is 0 Å². The first-order valence-corrected chi connectivity index (χ1v) is 9.50. The van der Waals surface area contributed by atoms with E-state index in [0.717, 1.165) is 33.5 Å². The van der Waals surface area contributed by atoms with Gasteiger partial charge in [0.2, 0.25) is 5.89 Å². The molecule has 146 valence electrons. The molecule has 4 aromatic rings. The number of oxazole rings is 1. The van der Waals surface area contributed by atoms with Crippen LogP contribution in [0.1, 0.15) is 18.1 Å². The zero-order valence-corrected chi connectivity index (χ0v) is 16.6. The van der Waals surface area contributed by atoms with E-state index in [-0.39, 0.29) is 5.91 Å². The average molecular weight is 386 g/mol. The van der Waals surface area contributed by atoms with Gasteiger partial charge in [-0.2, -0.15) is 0 Å². The second kappa shape index (κ2) is 7.80. The number of nitrogens with zero attached hydrogens (tertiary/aromatic N) is 1. The summed E-state index contributed by atoms with van der Waals surface area (Å²) < 4.78 is 11.6. The highest BCUT2D eigenvalue weighted by molar-refractivity contribution is 5.94. The molecule has 0 bridgehead atoms. The number of hydrogen-bond donors (Lipinski definition) is 1. The highest BCUT2D eigenvalue weighted by Crippen LogP contribution is 2.25. The number of benzene rings is 3. The van der Waals surface area contributed by atoms with Crippen molar-refractivity contribution >= 4 is 22.7 Å². The number of ether oxygens (including phenoxy) is 1. The predicted octanol–water partition coefficient (Wildman–Crippen LogP) is 5.52. The molecule has 1 atom stereocenters. The summed E-state index contributed by atoms with van der Waals surface area (Å²) in [5.41, 5.74) is 5.19. The molecule has 1 heterocycles. The van der Waals surface area contributed by atoms with Gasteiger partial charge in [-0.1, -0.05) is 24.3 Å². The monoisotopic (exact) mass is 386 g/mol. The van der Waals surface area contributed by atoms with Gasteiger partial charge in [0.05, 0.1) is 0 Å². The molecule has 5 nitrogen and oxygen atoms in total. The third-order valence-corrected chi connectivity index (χ3v) is 4.71. The first-order chi connectivity index (χ1) is 14.0. The maximum absolute atomic E-state index is 12.5. The van der Waals surface area contributed by atoms with Crippen LogP contribution < -0.4 is 10.1 Å². The summed E-state index contributed by atoms with van der Waals surface area (Å²) in [6.45, 7) is 5.70. The Labute approximate surface area is 169 Å². The molecule has 5 heteroatoms. The number of anilines is 1. The number of aryl methyl sites for hydroxylation is 2. The number of rotatable bonds is 5. The third-order valence-electron chi connectivity index (χ3n) is 4.71. The van der Waals surface area contributed by atoms with E-state index in [4.69, 9.17) is 9.15 Å². The molecule has 1 aromatic heterocycles. The van der Waals surface area contributed by atoms with E-state index in [2.05, 4.69) is 10.3 Å². The molecule has 4 rings (SSSR count). The van der Waals surface area contributed by atoms with E-state index < -0.39 is 6.10 Å². The number of nitrogens with one attached hydrogen (secondary N) is 1. The smallest absolute Gasteiger partial charge is 0.265 e. The van der Waals surface area contributed by atoms with Crippen LogP contribution in [-0.4, -0.2) is 17.0 Å². The fourth-order valence-electron chi connectivity index (χ4n) is 3.01. The molecule has 0 saturated carbocycles. The Hall–Kier alpha value is -3.60. The molecule has 0 aliphatic heterocycles. The fourth-order valence-corrected chi connectivity index (χ4v) is 3.01. The Balaban J connectivity index is 1.43. The highest BCUT2D eigenvalue weighted by Gasteiger charge is 2.16. The lowest BCUT2D eigenvalue weighted by atomic mass is 10.1. The van der Waals surface area contributed by atoms with E-state index in [1.165, 1.54) is 0 Å². The van der Waals surface area contributed by atoms with Crippen LogP contribution in [0, 0.1) is 13.8 Å². The Bertz CT molecular complexity index is 1130. The largest absolute Gasteiger partial charge is 0.481 e. The second-order valence-corrected chi connectivity index (χ2v) is 7.08. The number of carbonyl (C=O) groups is 1. The Morgan fingerprint density at radius 2 is 1.79 bits per heavy atom. The standard InChI is InChI=1S/C24H22N2O3/c1-15-8-9-16(2)22(14-15)28-17(3)23(27)25-19-12-10-18(11-13-19)24-26-20-6-4-5-7-21(20)29-24/h4-14,17H,1-3H3,(H,25,27). The molecule has 1 unspecified atom stereocenters. The van der Waals surface area contributed by atoms with Crippen LogP contribution in [0.25, 0.3) is 22.6 Å². The van der Waals surface area contributed by atoms with Crippen LogP contribution in [0.3, 0.4) is 0 Å². The lowest BCUT2D eigenvalue weighted by molar-refractivity contribution is -0.122. The molecular formula is C24H22N2O3. The van der Waals surface area contributed by atoms with Gasteiger partial charge in [-0.3, -0.25) is 4.79 Å². The van der Waals surface area contributed by atoms with Gasteiger partial charge in [0.1, 0.15) is 11.3 Å². The molecule has 0 saturated heterocycles. The molecule has 29 heavy (non-hydrogen) atoms. The quantitative estimate of drug-likeness (QED) is 0.491. The van der Waals surface area contributed by atoms with Crippen LogP contribution in [-0.2, 0) is 4.79 Å². The highest BCUT2D eigenvalue weighted by atomic mass is 16.5. The maximum atomic E-state index is 12.5. The number of amides is 1. The van der Waals surface area contributed by atoms with Crippen molar-refractivity contribution in [2.24, 2.45) is 0 Å². The topological polar surface area (TPSA) is 64.4 Å². The number of aromatic nitrogens is 1. The zero-order chi connectivity index (χ0) is 20.4. The molecule has 0 spiro atoms. The minimum Gasteiger partial charge on any atom is -0.481 e. The van der Waals surface area contributed by atoms with Gasteiger partial charge in [-0.05, 0) is 74.4 Å². The van der Waals surface area contributed by atoms with Gasteiger partial charge in [0.25, 0.3) is 5.91 Å². The molecule has 0 aliphatic rings. The van der Waals surface area contributed by atoms with E-state index in [0.29, 0.717) is 11.6 Å². The van der Waals surface area contributed by atoms with Crippen LogP contribution >= 0.6 is 0 Å². The predicted molar refractivity (Wildman–Crippen MR) is 114 cm³/mol. The van der Waals surface area contributed by atoms with Crippen molar-refractivity contribution in [2.45, 2.75) is 26.9 Å². The SMILES string of the molecule is Cc1ccc(C)c(OC(C)C(=O)Nc2ccc(-c3nc4ccccc4o3)cc2)c1. The van der Waals surface area contributed by atoms with E-state index in [1.807, 2.05) is 80.6 Å². The molecule has 0 radical (unpaired) electrons. The summed E-state index contributed by atoms with van der Waals surface area (Å²) in [4.78, 5) is 17.0. The van der Waals surface area contributed by atoms with Crippen molar-refractivity contribution in [1.29, 1.82) is 0 Å². The van der Waals surface area contributed by atoms with Crippen LogP contribution in [0.4, 0.5) is 5.69 Å². The Kier molecular flexibility index (Phi) is 5.04. The molecule has 1 N–H and O–H groups in total. The number of fused-ring (bicyclic) bond motifs is 1. The first kappa shape index (κ1) is 18.7. The summed E-state index contributed by atoms with van der Waals surface area (Å²) in [7, 11) is 0. The number of carbonyl (C=O) groups excluding carboxylic acids is 1. The minimum atomic E-state index is -0.618. The fraction of sp³-hybridized carbons (Fsp3) is 0.167. The average Bonchev–Trinajstić information content (AvgIpc) is 3.15. The summed E-state index contributed by atoms with van der Waals surface area (Å²) in [6.07, 6.45) is -0.618. The van der Waals surface area contributed by atoms with E-state index in [1.54, 1.807) is 6.92 Å². The van der Waals surface area contributed by atoms with Crippen LogP contribution in [0.5, 0.6) is 5.75 Å². The third kappa shape index (κ3) is 4.14. The number of hydrogen-bond acceptors (Lipinski definition) is 4. The Morgan fingerprint density at radius 3 is 2.55 bits per heavy atom. The van der Waals surface area contributed by atoms with Gasteiger partial charge in [0.15, 0.2) is 11.7 Å². The molecule has 3 aromatic carbocycles. The van der Waals surface area contributed by atoms with Gasteiger partial charge in [-0.25, -0.2) is 4.98 Å². The maximum Gasteiger partial charge on any atom is 0.265 e. The zero-order valence-electron chi connectivity index (χ0n) is 16.6. The summed E-state index contributed by atoms with van der Waals surface area (Å²) in [5, 5.41) is 2.89. The normalized spacial score (nSPS) is 12.0. The first-order valence-electron chi connectivity index (χ1n) is 9.50. The number of para-hydroxylation sites is 2. The molecule has 0 fully saturated rings. The lowest BCUT2D eigenvalue weighted by Crippen LogP contribution is -2.30. The van der Waals surface area contributed by atoms with Crippen molar-refractivity contribution in [1.82, 2.24) is 4.98 Å². The van der Waals surface area contributed by atoms with Crippen molar-refractivity contribution in [3.63, 3.8) is 0 Å². The molecule has 1 amide bonds. The summed E-state index contributed by atoms with van der Waals surface area (Å²) >= 11 is 0. The van der Waals surface area contributed by atoms with Crippen molar-refractivity contribution in [2.75, 3.05) is 5.32 Å². The van der Waals surface area contributed by atoms with E-state index in [9.17, 15) is 4.79 Å². The van der Waals surface area contributed by atoms with Gasteiger partial charge in [-0.15, -0.1) is 0 Å². The van der Waals surface area contributed by atoms with Gasteiger partial charge >= 0.3 is 0 Å². The summed E-state index contributed by atoms with van der Waals surface area (Å²) in [5.74, 6) is 1.06. The van der Waals surface area contributed by atoms with Crippen LogP contribution in [0.15, 0.2) is 71.1 Å². The molecular weight excluding hydrogens is 364 g/mol. The van der Waals surface area contributed by atoms with Crippen molar-refractivity contribution < 1.29 is 13.9 Å². The van der Waals surface area contributed by atoms with Crippen molar-refractivity contribution in [3.8, 4) is 17.2 Å².